The molecule has 0 aromatic heterocycles. The minimum atomic E-state index is -3.62. The topological polar surface area (TPSA) is 37.4 Å². The largest absolute Gasteiger partial charge is 0.244 e. The lowest BCUT2D eigenvalue weighted by molar-refractivity contribution is 0.434. The Balaban J connectivity index is 1.95. The molecular formula is C16H16FNO2S2. The van der Waals surface area contributed by atoms with Crippen LogP contribution in [0.15, 0.2) is 53.4 Å². The molecule has 0 radical (unpaired) electrons. The summed E-state index contributed by atoms with van der Waals surface area (Å²) < 4.78 is 40.1. The van der Waals surface area contributed by atoms with E-state index in [9.17, 15) is 12.8 Å². The number of nitrogens with zero attached hydrogens (tertiary/aromatic N) is 1. The van der Waals surface area contributed by atoms with Crippen molar-refractivity contribution in [2.75, 3.05) is 12.3 Å². The predicted molar refractivity (Wildman–Crippen MR) is 86.7 cm³/mol. The second kappa shape index (κ2) is 6.02. The van der Waals surface area contributed by atoms with Crippen LogP contribution in [0, 0.1) is 12.7 Å². The molecule has 116 valence electrons. The highest BCUT2D eigenvalue weighted by Gasteiger charge is 2.36. The predicted octanol–water partition coefficient (Wildman–Crippen LogP) is 3.57. The molecule has 1 saturated heterocycles. The lowest BCUT2D eigenvalue weighted by Gasteiger charge is -2.23. The molecule has 0 aliphatic carbocycles. The Hall–Kier alpha value is -1.37. The molecule has 3 nitrogen and oxygen atoms in total. The summed E-state index contributed by atoms with van der Waals surface area (Å²) in [6.45, 7) is 2.46. The minimum Gasteiger partial charge on any atom is -0.207 e. The standard InChI is InChI=1S/C16H16FNO2S2/c1-12-2-4-13(5-3-12)16-18(10-11-21-16)22(19,20)15-8-6-14(17)7-9-15/h2-9,16H,10-11H2,1H3. The van der Waals surface area contributed by atoms with E-state index in [1.807, 2.05) is 31.2 Å². The number of thioether (sulfide) groups is 1. The van der Waals surface area contributed by atoms with Crippen molar-refractivity contribution in [1.82, 2.24) is 4.31 Å². The molecule has 1 unspecified atom stereocenters. The van der Waals surface area contributed by atoms with E-state index >= 15 is 0 Å². The van der Waals surface area contributed by atoms with E-state index in [4.69, 9.17) is 0 Å². The summed E-state index contributed by atoms with van der Waals surface area (Å²) >= 11 is 1.61. The first-order chi connectivity index (χ1) is 10.5. The number of halogens is 1. The zero-order chi connectivity index (χ0) is 15.7. The van der Waals surface area contributed by atoms with Gasteiger partial charge < -0.3 is 0 Å². The summed E-state index contributed by atoms with van der Waals surface area (Å²) in [7, 11) is -3.62. The van der Waals surface area contributed by atoms with Crippen molar-refractivity contribution in [1.29, 1.82) is 0 Å². The van der Waals surface area contributed by atoms with Crippen LogP contribution < -0.4 is 0 Å². The Morgan fingerprint density at radius 1 is 1.09 bits per heavy atom. The van der Waals surface area contributed by atoms with Crippen molar-refractivity contribution in [3.05, 3.63) is 65.5 Å². The number of aryl methyl sites for hydroxylation is 1. The Morgan fingerprint density at radius 3 is 2.36 bits per heavy atom. The summed E-state index contributed by atoms with van der Waals surface area (Å²) in [4.78, 5) is 0.133. The summed E-state index contributed by atoms with van der Waals surface area (Å²) in [6, 6.07) is 12.9. The fourth-order valence-electron chi connectivity index (χ4n) is 2.44. The van der Waals surface area contributed by atoms with Gasteiger partial charge in [-0.25, -0.2) is 12.8 Å². The molecule has 3 rings (SSSR count). The van der Waals surface area contributed by atoms with Crippen molar-refractivity contribution < 1.29 is 12.8 Å². The Kier molecular flexibility index (Phi) is 4.25. The van der Waals surface area contributed by atoms with Crippen LogP contribution in [0.25, 0.3) is 0 Å². The van der Waals surface area contributed by atoms with E-state index in [1.54, 1.807) is 11.8 Å². The molecule has 1 aliphatic heterocycles. The Labute approximate surface area is 134 Å². The molecule has 0 N–H and O–H groups in total. The van der Waals surface area contributed by atoms with Crippen LogP contribution in [0.1, 0.15) is 16.5 Å². The Morgan fingerprint density at radius 2 is 1.73 bits per heavy atom. The van der Waals surface area contributed by atoms with Gasteiger partial charge in [-0.05, 0) is 36.8 Å². The van der Waals surface area contributed by atoms with Crippen molar-refractivity contribution >= 4 is 21.8 Å². The fourth-order valence-corrected chi connectivity index (χ4v) is 5.68. The average molecular weight is 337 g/mol. The number of benzene rings is 2. The van der Waals surface area contributed by atoms with Gasteiger partial charge in [0.1, 0.15) is 5.82 Å². The van der Waals surface area contributed by atoms with Crippen LogP contribution in [-0.4, -0.2) is 25.0 Å². The van der Waals surface area contributed by atoms with Crippen LogP contribution in [0.3, 0.4) is 0 Å². The van der Waals surface area contributed by atoms with Gasteiger partial charge in [0.15, 0.2) is 0 Å². The second-order valence-corrected chi connectivity index (χ2v) is 8.28. The SMILES string of the molecule is Cc1ccc(C2SCCN2S(=O)(=O)c2ccc(F)cc2)cc1. The molecule has 1 atom stereocenters. The maximum absolute atomic E-state index is 13.0. The van der Waals surface area contributed by atoms with Gasteiger partial charge in [0, 0.05) is 12.3 Å². The van der Waals surface area contributed by atoms with Gasteiger partial charge in [0.25, 0.3) is 0 Å². The van der Waals surface area contributed by atoms with Gasteiger partial charge in [-0.2, -0.15) is 4.31 Å². The molecule has 6 heteroatoms. The van der Waals surface area contributed by atoms with Crippen LogP contribution in [0.2, 0.25) is 0 Å². The second-order valence-electron chi connectivity index (χ2n) is 5.20. The van der Waals surface area contributed by atoms with Gasteiger partial charge in [-0.15, -0.1) is 11.8 Å². The van der Waals surface area contributed by atoms with Gasteiger partial charge in [0.2, 0.25) is 10.0 Å². The smallest absolute Gasteiger partial charge is 0.207 e. The van der Waals surface area contributed by atoms with E-state index in [2.05, 4.69) is 0 Å². The van der Waals surface area contributed by atoms with Crippen LogP contribution >= 0.6 is 11.8 Å². The quantitative estimate of drug-likeness (QED) is 0.859. The molecule has 22 heavy (non-hydrogen) atoms. The highest BCUT2D eigenvalue weighted by atomic mass is 32.2. The number of hydrogen-bond acceptors (Lipinski definition) is 3. The monoisotopic (exact) mass is 337 g/mol. The molecule has 0 amide bonds. The highest BCUT2D eigenvalue weighted by Crippen LogP contribution is 2.41. The first-order valence-corrected chi connectivity index (χ1v) is 9.43. The van der Waals surface area contributed by atoms with Gasteiger partial charge in [-0.1, -0.05) is 29.8 Å². The third-order valence-electron chi connectivity index (χ3n) is 3.63. The zero-order valence-corrected chi connectivity index (χ0v) is 13.7. The maximum atomic E-state index is 13.0. The first kappa shape index (κ1) is 15.5. The molecule has 1 fully saturated rings. The zero-order valence-electron chi connectivity index (χ0n) is 12.1. The number of rotatable bonds is 3. The molecule has 1 heterocycles. The van der Waals surface area contributed by atoms with Crippen molar-refractivity contribution in [2.45, 2.75) is 17.2 Å². The maximum Gasteiger partial charge on any atom is 0.244 e. The molecule has 1 aliphatic rings. The van der Waals surface area contributed by atoms with Crippen LogP contribution in [0.4, 0.5) is 4.39 Å². The lowest BCUT2D eigenvalue weighted by Crippen LogP contribution is -2.30. The average Bonchev–Trinajstić information content (AvgIpc) is 2.99. The van der Waals surface area contributed by atoms with Crippen molar-refractivity contribution in [3.63, 3.8) is 0 Å². The first-order valence-electron chi connectivity index (χ1n) is 6.94. The third-order valence-corrected chi connectivity index (χ3v) is 6.90. The van der Waals surface area contributed by atoms with Crippen LogP contribution in [0.5, 0.6) is 0 Å². The van der Waals surface area contributed by atoms with E-state index in [0.29, 0.717) is 6.54 Å². The van der Waals surface area contributed by atoms with Gasteiger partial charge in [0.05, 0.1) is 10.3 Å². The summed E-state index contributed by atoms with van der Waals surface area (Å²) in [5.41, 5.74) is 2.11. The normalized spacial score (nSPS) is 19.5. The van der Waals surface area contributed by atoms with E-state index < -0.39 is 15.8 Å². The summed E-state index contributed by atoms with van der Waals surface area (Å²) in [5.74, 6) is 0.309. The molecule has 0 spiro atoms. The summed E-state index contributed by atoms with van der Waals surface area (Å²) in [5, 5.41) is -0.226. The van der Waals surface area contributed by atoms with Gasteiger partial charge >= 0.3 is 0 Å². The molecular weight excluding hydrogens is 321 g/mol. The summed E-state index contributed by atoms with van der Waals surface area (Å²) in [6.07, 6.45) is 0. The van der Waals surface area contributed by atoms with Crippen molar-refractivity contribution in [3.8, 4) is 0 Å². The number of hydrogen-bond donors (Lipinski definition) is 0. The minimum absolute atomic E-state index is 0.133. The molecule has 0 bridgehead atoms. The molecule has 2 aromatic rings. The fraction of sp³-hybridized carbons (Fsp3) is 0.250. The van der Waals surface area contributed by atoms with Gasteiger partial charge in [-0.3, -0.25) is 0 Å². The van der Waals surface area contributed by atoms with Crippen molar-refractivity contribution in [2.24, 2.45) is 0 Å². The molecule has 2 aromatic carbocycles. The number of sulfonamides is 1. The van der Waals surface area contributed by atoms with E-state index in [-0.39, 0.29) is 10.3 Å². The van der Waals surface area contributed by atoms with Crippen LogP contribution in [-0.2, 0) is 10.0 Å². The highest BCUT2D eigenvalue weighted by molar-refractivity contribution is 8.01. The lowest BCUT2D eigenvalue weighted by atomic mass is 10.1. The van der Waals surface area contributed by atoms with E-state index in [0.717, 1.165) is 16.9 Å². The van der Waals surface area contributed by atoms with E-state index in [1.165, 1.54) is 28.6 Å². The third kappa shape index (κ3) is 2.91. The Bertz CT molecular complexity index is 758. The molecule has 0 saturated carbocycles.